The van der Waals surface area contributed by atoms with E-state index in [9.17, 15) is 5.11 Å². The normalized spacial score (nSPS) is 11.4. The maximum Gasteiger partial charge on any atom is 0.115 e. The van der Waals surface area contributed by atoms with Gasteiger partial charge < -0.3 is 5.11 Å². The van der Waals surface area contributed by atoms with Gasteiger partial charge in [0.1, 0.15) is 5.75 Å². The van der Waals surface area contributed by atoms with E-state index in [0.29, 0.717) is 5.75 Å². The van der Waals surface area contributed by atoms with Gasteiger partial charge >= 0.3 is 0 Å². The molecule has 0 aliphatic carbocycles. The van der Waals surface area contributed by atoms with Crippen molar-refractivity contribution in [2.24, 2.45) is 0 Å². The Morgan fingerprint density at radius 2 is 1.33 bits per heavy atom. The zero-order valence-electron chi connectivity index (χ0n) is 15.8. The molecule has 0 atom stereocenters. The Labute approximate surface area is 150 Å². The fraction of sp³-hybridized carbons (Fsp3) is 0.652. The first-order valence-electron chi connectivity index (χ1n) is 10.3. The van der Waals surface area contributed by atoms with E-state index < -0.39 is 0 Å². The number of unbranched alkanes of at least 4 members (excludes halogenated alkanes) is 11. The quantitative estimate of drug-likeness (QED) is 0.259. The second-order valence-electron chi connectivity index (χ2n) is 7.00. The molecule has 0 amide bonds. The number of phenolic OH excluding ortho intramolecular Hbond substituents is 1. The lowest BCUT2D eigenvalue weighted by atomic mass is 10.0. The van der Waals surface area contributed by atoms with E-state index in [-0.39, 0.29) is 0 Å². The zero-order chi connectivity index (χ0) is 17.3. The lowest BCUT2D eigenvalue weighted by molar-refractivity contribution is 0.474. The van der Waals surface area contributed by atoms with Crippen LogP contribution < -0.4 is 0 Å². The number of rotatable bonds is 15. The minimum Gasteiger partial charge on any atom is -0.508 e. The maximum absolute atomic E-state index is 9.43. The van der Waals surface area contributed by atoms with Crippen LogP contribution in [0.3, 0.4) is 0 Å². The van der Waals surface area contributed by atoms with E-state index >= 15 is 0 Å². The number of hydrogen-bond acceptors (Lipinski definition) is 1. The van der Waals surface area contributed by atoms with Gasteiger partial charge in [0.15, 0.2) is 0 Å². The molecule has 0 saturated carbocycles. The van der Waals surface area contributed by atoms with E-state index in [1.165, 1.54) is 89.0 Å². The molecule has 0 aliphatic rings. The molecule has 24 heavy (non-hydrogen) atoms. The van der Waals surface area contributed by atoms with Crippen molar-refractivity contribution in [2.75, 3.05) is 0 Å². The van der Waals surface area contributed by atoms with Crippen molar-refractivity contribution in [1.82, 2.24) is 0 Å². The Kier molecular flexibility index (Phi) is 13.3. The van der Waals surface area contributed by atoms with E-state index in [1.807, 2.05) is 12.1 Å². The second kappa shape index (κ2) is 15.3. The lowest BCUT2D eigenvalue weighted by Crippen LogP contribution is -1.86. The van der Waals surface area contributed by atoms with Gasteiger partial charge in [-0.3, -0.25) is 0 Å². The van der Waals surface area contributed by atoms with Gasteiger partial charge in [-0.05, 0) is 49.8 Å². The van der Waals surface area contributed by atoms with Crippen LogP contribution in [0.4, 0.5) is 0 Å². The summed E-state index contributed by atoms with van der Waals surface area (Å²) in [5.74, 6) is 0.393. The van der Waals surface area contributed by atoms with Gasteiger partial charge in [0.05, 0.1) is 0 Å². The van der Waals surface area contributed by atoms with Crippen LogP contribution in [0.2, 0.25) is 0 Å². The summed E-state index contributed by atoms with van der Waals surface area (Å²) in [5, 5.41) is 9.43. The SMILES string of the molecule is CCCC/C=C/CCCCCCCCCCCc1cccc(O)c1. The highest BCUT2D eigenvalue weighted by Crippen LogP contribution is 2.15. The van der Waals surface area contributed by atoms with Crippen molar-refractivity contribution in [3.8, 4) is 5.75 Å². The molecule has 1 heteroatoms. The van der Waals surface area contributed by atoms with Gasteiger partial charge in [-0.25, -0.2) is 0 Å². The first kappa shape index (κ1) is 20.8. The fourth-order valence-corrected chi connectivity index (χ4v) is 3.10. The molecule has 1 aromatic rings. The topological polar surface area (TPSA) is 20.2 Å². The smallest absolute Gasteiger partial charge is 0.115 e. The Morgan fingerprint density at radius 1 is 0.750 bits per heavy atom. The second-order valence-corrected chi connectivity index (χ2v) is 7.00. The average molecular weight is 331 g/mol. The monoisotopic (exact) mass is 330 g/mol. The molecule has 1 rings (SSSR count). The highest BCUT2D eigenvalue weighted by molar-refractivity contribution is 5.27. The van der Waals surface area contributed by atoms with E-state index in [0.717, 1.165) is 6.42 Å². The summed E-state index contributed by atoms with van der Waals surface area (Å²) in [6.07, 6.45) is 23.3. The first-order valence-corrected chi connectivity index (χ1v) is 10.3. The Balaban J connectivity index is 1.80. The zero-order valence-corrected chi connectivity index (χ0v) is 15.8. The molecule has 0 fully saturated rings. The maximum atomic E-state index is 9.43. The van der Waals surface area contributed by atoms with Crippen LogP contribution in [-0.2, 0) is 6.42 Å². The van der Waals surface area contributed by atoms with Crippen molar-refractivity contribution in [1.29, 1.82) is 0 Å². The molecule has 0 saturated heterocycles. The van der Waals surface area contributed by atoms with Gasteiger partial charge in [0.2, 0.25) is 0 Å². The van der Waals surface area contributed by atoms with Crippen LogP contribution in [0.5, 0.6) is 5.75 Å². The minimum absolute atomic E-state index is 0.393. The number of phenols is 1. The van der Waals surface area contributed by atoms with E-state index in [4.69, 9.17) is 0 Å². The molecule has 0 unspecified atom stereocenters. The average Bonchev–Trinajstić information content (AvgIpc) is 2.58. The Hall–Kier alpha value is -1.24. The molecule has 0 bridgehead atoms. The number of aromatic hydroxyl groups is 1. The van der Waals surface area contributed by atoms with Crippen molar-refractivity contribution >= 4 is 0 Å². The molecule has 1 nitrogen and oxygen atoms in total. The summed E-state index contributed by atoms with van der Waals surface area (Å²) in [5.41, 5.74) is 1.26. The van der Waals surface area contributed by atoms with Gasteiger partial charge in [-0.2, -0.15) is 0 Å². The number of aryl methyl sites for hydroxylation is 1. The van der Waals surface area contributed by atoms with Crippen LogP contribution in [0, 0.1) is 0 Å². The Bertz CT molecular complexity index is 422. The summed E-state index contributed by atoms with van der Waals surface area (Å²) in [7, 11) is 0. The van der Waals surface area contributed by atoms with Crippen LogP contribution >= 0.6 is 0 Å². The van der Waals surface area contributed by atoms with Crippen LogP contribution in [0.25, 0.3) is 0 Å². The first-order chi connectivity index (χ1) is 11.8. The highest BCUT2D eigenvalue weighted by atomic mass is 16.3. The van der Waals surface area contributed by atoms with Crippen LogP contribution in [0.15, 0.2) is 36.4 Å². The molecule has 0 spiro atoms. The van der Waals surface area contributed by atoms with E-state index in [1.54, 1.807) is 6.07 Å². The summed E-state index contributed by atoms with van der Waals surface area (Å²) in [4.78, 5) is 0. The largest absolute Gasteiger partial charge is 0.508 e. The van der Waals surface area contributed by atoms with Crippen LogP contribution in [-0.4, -0.2) is 5.11 Å². The molecule has 0 aromatic heterocycles. The van der Waals surface area contributed by atoms with Crippen molar-refractivity contribution in [2.45, 2.75) is 96.8 Å². The number of allylic oxidation sites excluding steroid dienone is 2. The van der Waals surface area contributed by atoms with E-state index in [2.05, 4.69) is 25.1 Å². The number of benzene rings is 1. The minimum atomic E-state index is 0.393. The molecule has 1 aromatic carbocycles. The van der Waals surface area contributed by atoms with Crippen molar-refractivity contribution in [3.05, 3.63) is 42.0 Å². The molecular weight excluding hydrogens is 292 g/mol. The lowest BCUT2D eigenvalue weighted by Gasteiger charge is -2.03. The van der Waals surface area contributed by atoms with Gasteiger partial charge in [-0.15, -0.1) is 0 Å². The third-order valence-electron chi connectivity index (χ3n) is 4.64. The summed E-state index contributed by atoms with van der Waals surface area (Å²) in [6.45, 7) is 2.25. The van der Waals surface area contributed by atoms with Gasteiger partial charge in [-0.1, -0.05) is 89.0 Å². The third kappa shape index (κ3) is 12.2. The number of hydrogen-bond donors (Lipinski definition) is 1. The predicted molar refractivity (Wildman–Crippen MR) is 107 cm³/mol. The molecule has 1 N–H and O–H groups in total. The summed E-state index contributed by atoms with van der Waals surface area (Å²) in [6, 6.07) is 7.68. The van der Waals surface area contributed by atoms with Crippen molar-refractivity contribution < 1.29 is 5.11 Å². The fourth-order valence-electron chi connectivity index (χ4n) is 3.10. The third-order valence-corrected chi connectivity index (χ3v) is 4.64. The summed E-state index contributed by atoms with van der Waals surface area (Å²) < 4.78 is 0. The summed E-state index contributed by atoms with van der Waals surface area (Å²) >= 11 is 0. The molecule has 0 aliphatic heterocycles. The van der Waals surface area contributed by atoms with Crippen LogP contribution in [0.1, 0.15) is 96.0 Å². The molecule has 136 valence electrons. The molecule has 0 heterocycles. The van der Waals surface area contributed by atoms with Gasteiger partial charge in [0.25, 0.3) is 0 Å². The molecule has 0 radical (unpaired) electrons. The highest BCUT2D eigenvalue weighted by Gasteiger charge is 1.96. The Morgan fingerprint density at radius 3 is 1.96 bits per heavy atom. The van der Waals surface area contributed by atoms with Crippen molar-refractivity contribution in [3.63, 3.8) is 0 Å². The van der Waals surface area contributed by atoms with Gasteiger partial charge in [0, 0.05) is 0 Å². The predicted octanol–water partition coefficient (Wildman–Crippen LogP) is 7.58. The standard InChI is InChI=1S/C23H38O/c1-2-3-4-5-6-7-8-9-10-11-12-13-14-15-16-18-22-19-17-20-23(24)21-22/h5-6,17,19-21,24H,2-4,7-16,18H2,1H3/b6-5+. The molecular formula is C23H38O.